The molecule has 0 amide bonds. The summed E-state index contributed by atoms with van der Waals surface area (Å²) >= 11 is 11.4. The summed E-state index contributed by atoms with van der Waals surface area (Å²) in [7, 11) is 0. The van der Waals surface area contributed by atoms with Crippen molar-refractivity contribution in [1.82, 2.24) is 15.2 Å². The Morgan fingerprint density at radius 3 is 2.43 bits per heavy atom. The van der Waals surface area contributed by atoms with Gasteiger partial charge in [0.1, 0.15) is 5.82 Å². The zero-order valence-electron chi connectivity index (χ0n) is 7.17. The average molecular weight is 228 g/mol. The van der Waals surface area contributed by atoms with Crippen LogP contribution in [-0.4, -0.2) is 15.2 Å². The van der Waals surface area contributed by atoms with Gasteiger partial charge in [0.2, 0.25) is 0 Å². The number of benzene rings is 1. The molecule has 0 saturated heterocycles. The van der Waals surface area contributed by atoms with E-state index in [1.165, 1.54) is 0 Å². The van der Waals surface area contributed by atoms with Gasteiger partial charge in [-0.05, 0) is 24.3 Å². The van der Waals surface area contributed by atoms with Gasteiger partial charge in [-0.15, -0.1) is 21.8 Å². The standard InChI is InChI=1S/C9H7Cl2N3/c10-5-8-12-9(14-13-8)6-1-3-7(11)4-2-6/h1-4H,5H2,(H,12,13,14). The normalized spacial score (nSPS) is 10.4. The molecule has 5 heteroatoms. The zero-order chi connectivity index (χ0) is 9.97. The van der Waals surface area contributed by atoms with Gasteiger partial charge in [-0.2, -0.15) is 0 Å². The van der Waals surface area contributed by atoms with Crippen LogP contribution in [0.1, 0.15) is 5.82 Å². The van der Waals surface area contributed by atoms with Gasteiger partial charge in [-0.3, -0.25) is 0 Å². The van der Waals surface area contributed by atoms with Crippen molar-refractivity contribution in [2.45, 2.75) is 5.88 Å². The second kappa shape index (κ2) is 3.98. The maximum atomic E-state index is 5.76. The number of H-pyrrole nitrogens is 1. The summed E-state index contributed by atoms with van der Waals surface area (Å²) in [5.41, 5.74) is 0.943. The zero-order valence-corrected chi connectivity index (χ0v) is 8.68. The summed E-state index contributed by atoms with van der Waals surface area (Å²) in [6.07, 6.45) is 0. The van der Waals surface area contributed by atoms with Gasteiger partial charge in [0.15, 0.2) is 5.82 Å². The first-order valence-corrected chi connectivity index (χ1v) is 4.94. The third-order valence-corrected chi connectivity index (χ3v) is 2.28. The quantitative estimate of drug-likeness (QED) is 0.803. The maximum Gasteiger partial charge on any atom is 0.161 e. The molecule has 0 atom stereocenters. The molecular weight excluding hydrogens is 221 g/mol. The van der Waals surface area contributed by atoms with E-state index < -0.39 is 0 Å². The topological polar surface area (TPSA) is 41.6 Å². The molecule has 0 aliphatic carbocycles. The molecule has 0 unspecified atom stereocenters. The molecule has 1 heterocycles. The van der Waals surface area contributed by atoms with Gasteiger partial charge in [0.25, 0.3) is 0 Å². The first-order chi connectivity index (χ1) is 6.79. The highest BCUT2D eigenvalue weighted by molar-refractivity contribution is 6.30. The second-order valence-corrected chi connectivity index (χ2v) is 3.46. The number of rotatable bonds is 2. The van der Waals surface area contributed by atoms with Crippen LogP contribution >= 0.6 is 23.2 Å². The number of hydrogen-bond acceptors (Lipinski definition) is 2. The predicted octanol–water partition coefficient (Wildman–Crippen LogP) is 2.86. The number of halogens is 2. The molecule has 1 N–H and O–H groups in total. The average Bonchev–Trinajstić information content (AvgIpc) is 2.67. The monoisotopic (exact) mass is 227 g/mol. The summed E-state index contributed by atoms with van der Waals surface area (Å²) in [4.78, 5) is 3.00. The Balaban J connectivity index is 2.34. The molecule has 0 bridgehead atoms. The lowest BCUT2D eigenvalue weighted by atomic mass is 10.2. The van der Waals surface area contributed by atoms with Crippen molar-refractivity contribution < 1.29 is 0 Å². The van der Waals surface area contributed by atoms with E-state index in [-0.39, 0.29) is 0 Å². The number of aromatic nitrogens is 3. The van der Waals surface area contributed by atoms with Crippen molar-refractivity contribution in [3.8, 4) is 11.4 Å². The Morgan fingerprint density at radius 2 is 1.86 bits per heavy atom. The lowest BCUT2D eigenvalue weighted by molar-refractivity contribution is 1.02. The van der Waals surface area contributed by atoms with Crippen molar-refractivity contribution in [2.24, 2.45) is 0 Å². The molecule has 0 radical (unpaired) electrons. The molecule has 14 heavy (non-hydrogen) atoms. The van der Waals surface area contributed by atoms with Gasteiger partial charge in [-0.1, -0.05) is 11.6 Å². The van der Waals surface area contributed by atoms with E-state index in [0.717, 1.165) is 5.56 Å². The molecular formula is C9H7Cl2N3. The fraction of sp³-hybridized carbons (Fsp3) is 0.111. The molecule has 72 valence electrons. The molecule has 0 fully saturated rings. The highest BCUT2D eigenvalue weighted by atomic mass is 35.5. The van der Waals surface area contributed by atoms with Crippen molar-refractivity contribution >= 4 is 23.2 Å². The van der Waals surface area contributed by atoms with E-state index in [4.69, 9.17) is 23.2 Å². The van der Waals surface area contributed by atoms with Gasteiger partial charge in [0, 0.05) is 10.6 Å². The molecule has 0 aliphatic rings. The molecule has 0 aliphatic heterocycles. The van der Waals surface area contributed by atoms with Crippen molar-refractivity contribution in [2.75, 3.05) is 0 Å². The van der Waals surface area contributed by atoms with E-state index in [9.17, 15) is 0 Å². The Bertz CT molecular complexity index is 422. The largest absolute Gasteiger partial charge is 0.324 e. The van der Waals surface area contributed by atoms with Crippen molar-refractivity contribution in [3.05, 3.63) is 35.1 Å². The first kappa shape index (κ1) is 9.49. The third kappa shape index (κ3) is 1.89. The minimum absolute atomic E-state index is 0.334. The van der Waals surface area contributed by atoms with Crippen LogP contribution in [0.25, 0.3) is 11.4 Å². The number of nitrogens with zero attached hydrogens (tertiary/aromatic N) is 2. The minimum Gasteiger partial charge on any atom is -0.324 e. The van der Waals surface area contributed by atoms with E-state index in [2.05, 4.69) is 15.2 Å². The number of alkyl halides is 1. The lowest BCUT2D eigenvalue weighted by Crippen LogP contribution is -1.80. The molecule has 2 rings (SSSR count). The molecule has 3 nitrogen and oxygen atoms in total. The Kier molecular flexibility index (Phi) is 2.70. The smallest absolute Gasteiger partial charge is 0.161 e. The van der Waals surface area contributed by atoms with Crippen LogP contribution in [-0.2, 0) is 5.88 Å². The Morgan fingerprint density at radius 1 is 1.14 bits per heavy atom. The molecule has 0 spiro atoms. The van der Waals surface area contributed by atoms with Crippen molar-refractivity contribution in [1.29, 1.82) is 0 Å². The minimum atomic E-state index is 0.334. The fourth-order valence-electron chi connectivity index (χ4n) is 1.09. The first-order valence-electron chi connectivity index (χ1n) is 4.03. The van der Waals surface area contributed by atoms with E-state index in [1.54, 1.807) is 12.1 Å². The van der Waals surface area contributed by atoms with Crippen LogP contribution in [0.15, 0.2) is 24.3 Å². The van der Waals surface area contributed by atoms with Crippen LogP contribution < -0.4 is 0 Å². The number of nitrogens with one attached hydrogen (secondary N) is 1. The van der Waals surface area contributed by atoms with E-state index >= 15 is 0 Å². The number of aromatic amines is 1. The maximum absolute atomic E-state index is 5.76. The van der Waals surface area contributed by atoms with Gasteiger partial charge in [0.05, 0.1) is 5.88 Å². The van der Waals surface area contributed by atoms with Crippen LogP contribution in [0.5, 0.6) is 0 Å². The highest BCUT2D eigenvalue weighted by Gasteiger charge is 2.03. The fourth-order valence-corrected chi connectivity index (χ4v) is 1.34. The van der Waals surface area contributed by atoms with Gasteiger partial charge in [-0.25, -0.2) is 0 Å². The van der Waals surface area contributed by atoms with Crippen LogP contribution in [0.4, 0.5) is 0 Å². The highest BCUT2D eigenvalue weighted by Crippen LogP contribution is 2.17. The molecule has 1 aromatic heterocycles. The summed E-state index contributed by atoms with van der Waals surface area (Å²) < 4.78 is 0. The van der Waals surface area contributed by atoms with Crippen LogP contribution in [0.2, 0.25) is 5.02 Å². The summed E-state index contributed by atoms with van der Waals surface area (Å²) in [5, 5.41) is 8.52. The predicted molar refractivity (Wildman–Crippen MR) is 56.4 cm³/mol. The summed E-state index contributed by atoms with van der Waals surface area (Å²) in [5.74, 6) is 1.70. The second-order valence-electron chi connectivity index (χ2n) is 2.76. The summed E-state index contributed by atoms with van der Waals surface area (Å²) in [6.45, 7) is 0. The summed E-state index contributed by atoms with van der Waals surface area (Å²) in [6, 6.07) is 7.36. The number of hydrogen-bond donors (Lipinski definition) is 1. The third-order valence-electron chi connectivity index (χ3n) is 1.78. The SMILES string of the molecule is ClCc1nnc(-c2ccc(Cl)cc2)[nH]1. The van der Waals surface area contributed by atoms with Gasteiger partial charge < -0.3 is 4.98 Å². The van der Waals surface area contributed by atoms with Crippen LogP contribution in [0, 0.1) is 0 Å². The Labute approximate surface area is 91.1 Å². The van der Waals surface area contributed by atoms with Crippen molar-refractivity contribution in [3.63, 3.8) is 0 Å². The Hall–Kier alpha value is -1.06. The lowest BCUT2D eigenvalue weighted by Gasteiger charge is -1.94. The van der Waals surface area contributed by atoms with E-state index in [0.29, 0.717) is 22.6 Å². The molecule has 0 saturated carbocycles. The molecule has 2 aromatic rings. The van der Waals surface area contributed by atoms with E-state index in [1.807, 2.05) is 12.1 Å². The van der Waals surface area contributed by atoms with Gasteiger partial charge >= 0.3 is 0 Å². The van der Waals surface area contributed by atoms with Crippen LogP contribution in [0.3, 0.4) is 0 Å². The molecule has 1 aromatic carbocycles.